The Hall–Kier alpha value is -0.570. The average molecular weight is 207 g/mol. The first-order valence-corrected chi connectivity index (χ1v) is 4.99. The Morgan fingerprint density at radius 1 is 1.00 bits per heavy atom. The molecule has 0 atom stereocenters. The number of carboxylic acid groups (broad SMARTS) is 1. The maximum absolute atomic E-state index is 10.7. The zero-order valence-electron chi connectivity index (χ0n) is 7.59. The van der Waals surface area contributed by atoms with Crippen LogP contribution in [0.3, 0.4) is 0 Å². The lowest BCUT2D eigenvalue weighted by molar-refractivity contribution is -0.137. The second-order valence-corrected chi connectivity index (χ2v) is 3.25. The van der Waals surface area contributed by atoms with E-state index in [1.807, 2.05) is 0 Å². The Bertz CT molecular complexity index is 168. The second-order valence-electron chi connectivity index (χ2n) is 2.98. The Kier molecular flexibility index (Phi) is 7.69. The Morgan fingerprint density at radius 3 is 2.00 bits per heavy atom. The molecule has 0 unspecified atom stereocenters. The SMILES string of the molecule is O=C(O)CCCCCCC(=O)CCl. The number of aliphatic carboxylic acids is 1. The number of alkyl halides is 1. The largest absolute Gasteiger partial charge is 0.481 e. The quantitative estimate of drug-likeness (QED) is 0.490. The van der Waals surface area contributed by atoms with Gasteiger partial charge in [0.2, 0.25) is 0 Å². The second kappa shape index (κ2) is 8.05. The van der Waals surface area contributed by atoms with Gasteiger partial charge in [0.25, 0.3) is 0 Å². The minimum atomic E-state index is -0.753. The number of hydrogen-bond donors (Lipinski definition) is 1. The van der Waals surface area contributed by atoms with Crippen molar-refractivity contribution in [1.29, 1.82) is 0 Å². The number of carbonyl (C=O) groups excluding carboxylic acids is 1. The maximum atomic E-state index is 10.7. The molecule has 13 heavy (non-hydrogen) atoms. The molecular formula is C9H15ClO3. The summed E-state index contributed by atoms with van der Waals surface area (Å²) in [6.07, 6.45) is 4.06. The number of rotatable bonds is 8. The highest BCUT2D eigenvalue weighted by Crippen LogP contribution is 2.05. The van der Waals surface area contributed by atoms with Crippen molar-refractivity contribution >= 4 is 23.4 Å². The van der Waals surface area contributed by atoms with Crippen molar-refractivity contribution in [2.45, 2.75) is 38.5 Å². The highest BCUT2D eigenvalue weighted by Gasteiger charge is 1.99. The van der Waals surface area contributed by atoms with Crippen LogP contribution in [-0.4, -0.2) is 22.7 Å². The zero-order chi connectivity index (χ0) is 10.1. The van der Waals surface area contributed by atoms with Crippen LogP contribution in [-0.2, 0) is 9.59 Å². The van der Waals surface area contributed by atoms with Crippen molar-refractivity contribution in [3.63, 3.8) is 0 Å². The Morgan fingerprint density at radius 2 is 1.54 bits per heavy atom. The summed E-state index contributed by atoms with van der Waals surface area (Å²) in [6.45, 7) is 0. The van der Waals surface area contributed by atoms with Gasteiger partial charge in [-0.1, -0.05) is 12.8 Å². The van der Waals surface area contributed by atoms with Gasteiger partial charge in [0.1, 0.15) is 5.78 Å². The molecule has 0 aromatic heterocycles. The van der Waals surface area contributed by atoms with Gasteiger partial charge in [-0.2, -0.15) is 0 Å². The summed E-state index contributed by atoms with van der Waals surface area (Å²) in [5.74, 6) is -0.591. The van der Waals surface area contributed by atoms with Crippen molar-refractivity contribution in [3.8, 4) is 0 Å². The van der Waals surface area contributed by atoms with Crippen LogP contribution in [0, 0.1) is 0 Å². The van der Waals surface area contributed by atoms with E-state index >= 15 is 0 Å². The zero-order valence-corrected chi connectivity index (χ0v) is 8.35. The molecule has 1 N–H and O–H groups in total. The first-order valence-electron chi connectivity index (χ1n) is 4.46. The molecule has 0 heterocycles. The van der Waals surface area contributed by atoms with E-state index < -0.39 is 5.97 Å². The molecule has 0 aromatic carbocycles. The van der Waals surface area contributed by atoms with Gasteiger partial charge in [-0.3, -0.25) is 9.59 Å². The molecule has 0 saturated carbocycles. The lowest BCUT2D eigenvalue weighted by atomic mass is 10.1. The summed E-state index contributed by atoms with van der Waals surface area (Å²) >= 11 is 5.31. The first-order chi connectivity index (χ1) is 6.16. The standard InChI is InChI=1S/C9H15ClO3/c10-7-8(11)5-3-1-2-4-6-9(12)13/h1-7H2,(H,12,13). The van der Waals surface area contributed by atoms with Crippen molar-refractivity contribution < 1.29 is 14.7 Å². The topological polar surface area (TPSA) is 54.4 Å². The van der Waals surface area contributed by atoms with E-state index in [0.717, 1.165) is 19.3 Å². The lowest BCUT2D eigenvalue weighted by Crippen LogP contribution is -1.98. The number of halogens is 1. The van der Waals surface area contributed by atoms with E-state index in [0.29, 0.717) is 12.8 Å². The minimum absolute atomic E-state index is 0.0694. The summed E-state index contributed by atoms with van der Waals surface area (Å²) in [6, 6.07) is 0. The maximum Gasteiger partial charge on any atom is 0.303 e. The van der Waals surface area contributed by atoms with E-state index in [9.17, 15) is 9.59 Å². The highest BCUT2D eigenvalue weighted by molar-refractivity contribution is 6.27. The highest BCUT2D eigenvalue weighted by atomic mass is 35.5. The lowest BCUT2D eigenvalue weighted by Gasteiger charge is -1.97. The molecule has 0 aliphatic carbocycles. The van der Waals surface area contributed by atoms with Gasteiger partial charge in [0.15, 0.2) is 0 Å². The van der Waals surface area contributed by atoms with Crippen LogP contribution in [0.4, 0.5) is 0 Å². The third-order valence-corrected chi connectivity index (χ3v) is 2.04. The molecular weight excluding hydrogens is 192 g/mol. The molecule has 0 aliphatic rings. The van der Waals surface area contributed by atoms with Crippen molar-refractivity contribution in [1.82, 2.24) is 0 Å². The molecule has 0 rings (SSSR count). The number of unbranched alkanes of at least 4 members (excludes halogenated alkanes) is 3. The molecule has 4 heteroatoms. The van der Waals surface area contributed by atoms with Gasteiger partial charge in [-0.25, -0.2) is 0 Å². The van der Waals surface area contributed by atoms with Crippen LogP contribution >= 0.6 is 11.6 Å². The minimum Gasteiger partial charge on any atom is -0.481 e. The van der Waals surface area contributed by atoms with Gasteiger partial charge < -0.3 is 5.11 Å². The number of Topliss-reactive ketones (excluding diaryl/α,β-unsaturated/α-hetero) is 1. The van der Waals surface area contributed by atoms with Crippen LogP contribution in [0.15, 0.2) is 0 Å². The van der Waals surface area contributed by atoms with Gasteiger partial charge in [0.05, 0.1) is 5.88 Å². The molecule has 0 spiro atoms. The summed E-state index contributed by atoms with van der Waals surface area (Å²) in [4.78, 5) is 20.8. The van der Waals surface area contributed by atoms with Crippen LogP contribution in [0.25, 0.3) is 0 Å². The fourth-order valence-corrected chi connectivity index (χ4v) is 1.15. The van der Waals surface area contributed by atoms with E-state index in [1.165, 1.54) is 0 Å². The van der Waals surface area contributed by atoms with Gasteiger partial charge in [-0.05, 0) is 12.8 Å². The molecule has 0 aromatic rings. The monoisotopic (exact) mass is 206 g/mol. The van der Waals surface area contributed by atoms with E-state index in [2.05, 4.69) is 0 Å². The molecule has 0 bridgehead atoms. The van der Waals surface area contributed by atoms with Gasteiger partial charge >= 0.3 is 5.97 Å². The van der Waals surface area contributed by atoms with Crippen LogP contribution in [0.2, 0.25) is 0 Å². The van der Waals surface area contributed by atoms with Crippen molar-refractivity contribution in [3.05, 3.63) is 0 Å². The fourth-order valence-electron chi connectivity index (χ4n) is 1.02. The van der Waals surface area contributed by atoms with E-state index in [-0.39, 0.29) is 18.1 Å². The molecule has 3 nitrogen and oxygen atoms in total. The fraction of sp³-hybridized carbons (Fsp3) is 0.778. The molecule has 0 amide bonds. The van der Waals surface area contributed by atoms with E-state index in [4.69, 9.17) is 16.7 Å². The predicted molar refractivity (Wildman–Crippen MR) is 51.1 cm³/mol. The summed E-state index contributed by atoms with van der Waals surface area (Å²) in [7, 11) is 0. The molecule has 76 valence electrons. The number of carboxylic acids is 1. The number of ketones is 1. The molecule has 0 fully saturated rings. The molecule has 0 radical (unpaired) electrons. The average Bonchev–Trinajstić information content (AvgIpc) is 2.10. The third-order valence-electron chi connectivity index (χ3n) is 1.75. The van der Waals surface area contributed by atoms with Crippen LogP contribution < -0.4 is 0 Å². The Balaban J connectivity index is 3.08. The first kappa shape index (κ1) is 12.4. The normalized spacial score (nSPS) is 9.92. The van der Waals surface area contributed by atoms with Crippen molar-refractivity contribution in [2.75, 3.05) is 5.88 Å². The van der Waals surface area contributed by atoms with Crippen LogP contribution in [0.5, 0.6) is 0 Å². The number of hydrogen-bond acceptors (Lipinski definition) is 2. The molecule has 0 aliphatic heterocycles. The summed E-state index contributed by atoms with van der Waals surface area (Å²) in [5.41, 5.74) is 0. The number of carbonyl (C=O) groups is 2. The van der Waals surface area contributed by atoms with E-state index in [1.54, 1.807) is 0 Å². The molecule has 0 saturated heterocycles. The summed E-state index contributed by atoms with van der Waals surface area (Å²) in [5, 5.41) is 8.32. The predicted octanol–water partition coefficient (Wildman–Crippen LogP) is 2.22. The van der Waals surface area contributed by atoms with Gasteiger partial charge in [-0.15, -0.1) is 11.6 Å². The smallest absolute Gasteiger partial charge is 0.303 e. The van der Waals surface area contributed by atoms with Gasteiger partial charge in [0, 0.05) is 12.8 Å². The summed E-state index contributed by atoms with van der Waals surface area (Å²) < 4.78 is 0. The van der Waals surface area contributed by atoms with Crippen LogP contribution in [0.1, 0.15) is 38.5 Å². The third kappa shape index (κ3) is 9.34. The Labute approximate surface area is 83.1 Å². The van der Waals surface area contributed by atoms with Crippen molar-refractivity contribution in [2.24, 2.45) is 0 Å².